The lowest BCUT2D eigenvalue weighted by molar-refractivity contribution is -0.683. The van der Waals surface area contributed by atoms with Gasteiger partial charge in [-0.2, -0.15) is 4.57 Å². The molecular weight excluding hydrogens is 354 g/mol. The summed E-state index contributed by atoms with van der Waals surface area (Å²) < 4.78 is 1.76. The number of nitrogens with one attached hydrogen (secondary N) is 1. The van der Waals surface area contributed by atoms with Crippen molar-refractivity contribution in [3.05, 3.63) is 88.2 Å². The summed E-state index contributed by atoms with van der Waals surface area (Å²) in [4.78, 5) is 22.5. The summed E-state index contributed by atoms with van der Waals surface area (Å²) in [5, 5.41) is 13.5. The number of hydrogen-bond donors (Lipinski definition) is 1. The van der Waals surface area contributed by atoms with E-state index in [9.17, 15) is 14.9 Å². The van der Waals surface area contributed by atoms with Crippen molar-refractivity contribution < 1.29 is 14.3 Å². The third kappa shape index (κ3) is 4.23. The highest BCUT2D eigenvalue weighted by Gasteiger charge is 2.15. The molecule has 0 aliphatic carbocycles. The van der Waals surface area contributed by atoms with E-state index in [4.69, 9.17) is 11.6 Å². The van der Waals surface area contributed by atoms with Gasteiger partial charge in [0.05, 0.1) is 15.6 Å². The van der Waals surface area contributed by atoms with Crippen molar-refractivity contribution in [2.24, 2.45) is 0 Å². The van der Waals surface area contributed by atoms with Gasteiger partial charge in [-0.25, -0.2) is 0 Å². The highest BCUT2D eigenvalue weighted by molar-refractivity contribution is 6.33. The smallest absolute Gasteiger partial charge is 0.290 e. The number of non-ortho nitro benzene ring substituents is 1. The Bertz CT molecular complexity index is 961. The first-order chi connectivity index (χ1) is 12.5. The Morgan fingerprint density at radius 2 is 1.81 bits per heavy atom. The van der Waals surface area contributed by atoms with E-state index in [1.165, 1.54) is 18.2 Å². The first-order valence-corrected chi connectivity index (χ1v) is 8.19. The van der Waals surface area contributed by atoms with Crippen LogP contribution in [0.3, 0.4) is 0 Å². The van der Waals surface area contributed by atoms with Gasteiger partial charge in [0.2, 0.25) is 6.54 Å². The van der Waals surface area contributed by atoms with Gasteiger partial charge in [0.25, 0.3) is 11.6 Å². The average molecular weight is 369 g/mol. The zero-order chi connectivity index (χ0) is 18.5. The van der Waals surface area contributed by atoms with Crippen LogP contribution in [0.15, 0.2) is 73.1 Å². The third-order valence-electron chi connectivity index (χ3n) is 3.73. The van der Waals surface area contributed by atoms with Crippen LogP contribution in [0, 0.1) is 10.1 Å². The Kier molecular flexibility index (Phi) is 5.24. The molecule has 1 N–H and O–H groups in total. The van der Waals surface area contributed by atoms with E-state index in [-0.39, 0.29) is 23.2 Å². The Hall–Kier alpha value is -3.25. The summed E-state index contributed by atoms with van der Waals surface area (Å²) in [5.74, 6) is -0.282. The molecule has 130 valence electrons. The molecule has 0 saturated carbocycles. The van der Waals surface area contributed by atoms with Gasteiger partial charge in [0, 0.05) is 23.8 Å². The van der Waals surface area contributed by atoms with E-state index in [1.807, 2.05) is 48.7 Å². The van der Waals surface area contributed by atoms with Gasteiger partial charge in [-0.05, 0) is 17.7 Å². The van der Waals surface area contributed by atoms with Gasteiger partial charge < -0.3 is 5.32 Å². The number of benzene rings is 2. The zero-order valence-corrected chi connectivity index (χ0v) is 14.4. The van der Waals surface area contributed by atoms with E-state index in [0.29, 0.717) is 5.69 Å². The van der Waals surface area contributed by atoms with Gasteiger partial charge >= 0.3 is 0 Å². The Labute approximate surface area is 154 Å². The summed E-state index contributed by atoms with van der Waals surface area (Å²) in [7, 11) is 0. The van der Waals surface area contributed by atoms with Crippen LogP contribution in [0.5, 0.6) is 0 Å². The number of nitrogens with zero attached hydrogens (tertiary/aromatic N) is 2. The fourth-order valence-electron chi connectivity index (χ4n) is 2.50. The van der Waals surface area contributed by atoms with Crippen LogP contribution in [-0.2, 0) is 11.3 Å². The summed E-state index contributed by atoms with van der Waals surface area (Å²) in [6.07, 6.45) is 3.68. The van der Waals surface area contributed by atoms with Crippen LogP contribution in [0.25, 0.3) is 11.1 Å². The van der Waals surface area contributed by atoms with Crippen LogP contribution in [-0.4, -0.2) is 10.8 Å². The van der Waals surface area contributed by atoms with Gasteiger partial charge in [-0.15, -0.1) is 0 Å². The molecule has 0 atom stereocenters. The van der Waals surface area contributed by atoms with Crippen LogP contribution >= 0.6 is 11.6 Å². The Morgan fingerprint density at radius 1 is 1.08 bits per heavy atom. The number of rotatable bonds is 5. The molecule has 0 radical (unpaired) electrons. The maximum atomic E-state index is 12.3. The largest absolute Gasteiger partial charge is 0.319 e. The number of carbonyl (C=O) groups is 1. The van der Waals surface area contributed by atoms with Crippen LogP contribution < -0.4 is 9.88 Å². The van der Waals surface area contributed by atoms with Crippen molar-refractivity contribution >= 4 is 28.9 Å². The molecule has 2 aromatic carbocycles. The molecule has 26 heavy (non-hydrogen) atoms. The average Bonchev–Trinajstić information content (AvgIpc) is 2.64. The molecule has 1 amide bonds. The minimum absolute atomic E-state index is 0.0913. The third-order valence-corrected chi connectivity index (χ3v) is 4.04. The van der Waals surface area contributed by atoms with Crippen molar-refractivity contribution in [3.63, 3.8) is 0 Å². The number of aromatic nitrogens is 1. The molecular formula is C19H15ClN3O3+. The summed E-state index contributed by atoms with van der Waals surface area (Å²) in [6, 6.07) is 17.6. The number of nitro groups is 1. The molecule has 0 aliphatic rings. The summed E-state index contributed by atoms with van der Waals surface area (Å²) in [5.41, 5.74) is 2.26. The highest BCUT2D eigenvalue weighted by Crippen LogP contribution is 2.26. The van der Waals surface area contributed by atoms with Crippen molar-refractivity contribution in [3.8, 4) is 11.1 Å². The SMILES string of the molecule is O=C(C[n+]1cccc(-c2ccccc2)c1)Nc1ccc([N+](=O)[O-])cc1Cl. The number of amides is 1. The van der Waals surface area contributed by atoms with Crippen molar-refractivity contribution in [2.75, 3.05) is 5.32 Å². The lowest BCUT2D eigenvalue weighted by atomic mass is 10.1. The number of pyridine rings is 1. The molecule has 3 rings (SSSR count). The number of anilines is 1. The monoisotopic (exact) mass is 368 g/mol. The molecule has 0 fully saturated rings. The number of halogens is 1. The fourth-order valence-corrected chi connectivity index (χ4v) is 2.72. The quantitative estimate of drug-likeness (QED) is 0.422. The molecule has 0 aliphatic heterocycles. The first kappa shape index (κ1) is 17.6. The molecule has 1 heterocycles. The number of carbonyl (C=O) groups excluding carboxylic acids is 1. The maximum absolute atomic E-state index is 12.3. The molecule has 0 saturated heterocycles. The molecule has 6 nitrogen and oxygen atoms in total. The predicted molar refractivity (Wildman–Crippen MR) is 98.8 cm³/mol. The topological polar surface area (TPSA) is 76.1 Å². The van der Waals surface area contributed by atoms with E-state index >= 15 is 0 Å². The highest BCUT2D eigenvalue weighted by atomic mass is 35.5. The van der Waals surface area contributed by atoms with Crippen LogP contribution in [0.2, 0.25) is 5.02 Å². The van der Waals surface area contributed by atoms with Gasteiger partial charge in [-0.1, -0.05) is 41.9 Å². The van der Waals surface area contributed by atoms with Gasteiger partial charge in [-0.3, -0.25) is 14.9 Å². The summed E-state index contributed by atoms with van der Waals surface area (Å²) >= 11 is 6.00. The predicted octanol–water partition coefficient (Wildman–Crippen LogP) is 3.84. The van der Waals surface area contributed by atoms with Crippen LogP contribution in [0.4, 0.5) is 11.4 Å². The van der Waals surface area contributed by atoms with E-state index in [1.54, 1.807) is 10.8 Å². The Balaban J connectivity index is 1.72. The van der Waals surface area contributed by atoms with Gasteiger partial charge in [0.1, 0.15) is 0 Å². The van der Waals surface area contributed by atoms with E-state index in [0.717, 1.165) is 11.1 Å². The minimum Gasteiger partial charge on any atom is -0.319 e. The second kappa shape index (κ2) is 7.76. The van der Waals surface area contributed by atoms with Gasteiger partial charge in [0.15, 0.2) is 12.4 Å². The lowest BCUT2D eigenvalue weighted by Crippen LogP contribution is -2.39. The molecule has 1 aromatic heterocycles. The number of nitro benzene ring substituents is 1. The lowest BCUT2D eigenvalue weighted by Gasteiger charge is -2.06. The zero-order valence-electron chi connectivity index (χ0n) is 13.6. The standard InChI is InChI=1S/C19H14ClN3O3/c20-17-11-16(23(25)26)8-9-18(17)21-19(24)13-22-10-4-7-15(12-22)14-5-2-1-3-6-14/h1-12H,13H2/p+1. The molecule has 3 aromatic rings. The van der Waals surface area contributed by atoms with Crippen molar-refractivity contribution in [1.82, 2.24) is 0 Å². The second-order valence-corrected chi connectivity index (χ2v) is 6.01. The normalized spacial score (nSPS) is 10.3. The second-order valence-electron chi connectivity index (χ2n) is 5.60. The molecule has 0 unspecified atom stereocenters. The van der Waals surface area contributed by atoms with Crippen LogP contribution in [0.1, 0.15) is 0 Å². The van der Waals surface area contributed by atoms with E-state index < -0.39 is 4.92 Å². The number of hydrogen-bond acceptors (Lipinski definition) is 3. The molecule has 7 heteroatoms. The van der Waals surface area contributed by atoms with Crippen molar-refractivity contribution in [1.29, 1.82) is 0 Å². The minimum atomic E-state index is -0.539. The van der Waals surface area contributed by atoms with Crippen molar-refractivity contribution in [2.45, 2.75) is 6.54 Å². The molecule has 0 spiro atoms. The summed E-state index contributed by atoms with van der Waals surface area (Å²) in [6.45, 7) is 0.0913. The Morgan fingerprint density at radius 3 is 2.50 bits per heavy atom. The molecule has 0 bridgehead atoms. The fraction of sp³-hybridized carbons (Fsp3) is 0.0526. The maximum Gasteiger partial charge on any atom is 0.290 e. The first-order valence-electron chi connectivity index (χ1n) is 7.81. The van der Waals surface area contributed by atoms with E-state index in [2.05, 4.69) is 5.32 Å².